The minimum absolute atomic E-state index is 0.288. The lowest BCUT2D eigenvalue weighted by Gasteiger charge is -2.01. The number of hydrogen-bond acceptors (Lipinski definition) is 3. The van der Waals surface area contributed by atoms with E-state index in [-0.39, 0.29) is 6.10 Å². The van der Waals surface area contributed by atoms with Gasteiger partial charge in [-0.1, -0.05) is 0 Å². The number of aliphatic hydroxyl groups is 1. The van der Waals surface area contributed by atoms with Crippen molar-refractivity contribution >= 4 is 0 Å². The van der Waals surface area contributed by atoms with Gasteiger partial charge in [0, 0.05) is 13.2 Å². The maximum absolute atomic E-state index is 8.57. The summed E-state index contributed by atoms with van der Waals surface area (Å²) in [5, 5.41) is 11.3. The van der Waals surface area contributed by atoms with Gasteiger partial charge in [-0.25, -0.2) is 0 Å². The number of rotatable bonds is 3. The Morgan fingerprint density at radius 1 is 1.86 bits per heavy atom. The summed E-state index contributed by atoms with van der Waals surface area (Å²) in [7, 11) is 0. The maximum Gasteiger partial charge on any atom is 0.0636 e. The van der Waals surface area contributed by atoms with E-state index in [0.29, 0.717) is 13.2 Å². The van der Waals surface area contributed by atoms with E-state index < -0.39 is 0 Å². The Hall–Kier alpha value is -0.120. The van der Waals surface area contributed by atoms with Gasteiger partial charge < -0.3 is 16.2 Å². The summed E-state index contributed by atoms with van der Waals surface area (Å²) >= 11 is 0. The lowest BCUT2D eigenvalue weighted by atomic mass is 10.4. The molecule has 3 nitrogen and oxygen atoms in total. The van der Waals surface area contributed by atoms with E-state index in [2.05, 4.69) is 5.32 Å². The third kappa shape index (κ3) is 5.88. The van der Waals surface area contributed by atoms with Crippen LogP contribution < -0.4 is 11.1 Å². The van der Waals surface area contributed by atoms with Gasteiger partial charge in [-0.05, 0) is 6.92 Å². The molecule has 0 aliphatic rings. The smallest absolute Gasteiger partial charge is 0.0636 e. The SMILES string of the molecule is CC(O)CNCN. The zero-order chi connectivity index (χ0) is 5.70. The van der Waals surface area contributed by atoms with Crippen LogP contribution in [-0.4, -0.2) is 24.4 Å². The Balaban J connectivity index is 2.68. The summed E-state index contributed by atoms with van der Waals surface area (Å²) in [5.74, 6) is 0. The Morgan fingerprint density at radius 3 is 2.57 bits per heavy atom. The molecule has 0 heterocycles. The minimum Gasteiger partial charge on any atom is -0.392 e. The molecule has 0 saturated heterocycles. The molecule has 0 aliphatic carbocycles. The van der Waals surface area contributed by atoms with Crippen LogP contribution in [0.25, 0.3) is 0 Å². The summed E-state index contributed by atoms with van der Waals surface area (Å²) in [4.78, 5) is 0. The van der Waals surface area contributed by atoms with Crippen molar-refractivity contribution in [3.8, 4) is 0 Å². The Kier molecular flexibility index (Phi) is 3.98. The molecule has 1 unspecified atom stereocenters. The largest absolute Gasteiger partial charge is 0.392 e. The topological polar surface area (TPSA) is 58.3 Å². The third-order valence-corrected chi connectivity index (χ3v) is 0.584. The molecule has 1 atom stereocenters. The van der Waals surface area contributed by atoms with E-state index in [1.165, 1.54) is 0 Å². The first kappa shape index (κ1) is 6.88. The molecule has 7 heavy (non-hydrogen) atoms. The third-order valence-electron chi connectivity index (χ3n) is 0.584. The molecule has 4 N–H and O–H groups in total. The first-order valence-electron chi connectivity index (χ1n) is 2.36. The fraction of sp³-hybridized carbons (Fsp3) is 1.00. The van der Waals surface area contributed by atoms with Crippen LogP contribution in [0.15, 0.2) is 0 Å². The van der Waals surface area contributed by atoms with Crippen molar-refractivity contribution in [2.24, 2.45) is 5.73 Å². The van der Waals surface area contributed by atoms with Gasteiger partial charge in [-0.3, -0.25) is 0 Å². The van der Waals surface area contributed by atoms with Crippen LogP contribution >= 0.6 is 0 Å². The normalized spacial score (nSPS) is 14.1. The van der Waals surface area contributed by atoms with Crippen LogP contribution in [0.5, 0.6) is 0 Å². The summed E-state index contributed by atoms with van der Waals surface area (Å²) in [5.41, 5.74) is 5.05. The second kappa shape index (κ2) is 4.05. The molecular weight excluding hydrogens is 92.1 g/mol. The van der Waals surface area contributed by atoms with Crippen LogP contribution in [0, 0.1) is 0 Å². The van der Waals surface area contributed by atoms with E-state index >= 15 is 0 Å². The van der Waals surface area contributed by atoms with Gasteiger partial charge in [0.05, 0.1) is 6.10 Å². The highest BCUT2D eigenvalue weighted by molar-refractivity contribution is 4.47. The number of aliphatic hydroxyl groups excluding tert-OH is 1. The van der Waals surface area contributed by atoms with Crippen molar-refractivity contribution in [1.29, 1.82) is 0 Å². The summed E-state index contributed by atoms with van der Waals surface area (Å²) in [6.45, 7) is 2.73. The lowest BCUT2D eigenvalue weighted by Crippen LogP contribution is -2.29. The predicted molar refractivity (Wildman–Crippen MR) is 28.7 cm³/mol. The molecule has 0 aromatic carbocycles. The standard InChI is InChI=1S/C4H12N2O/c1-4(7)2-6-3-5/h4,6-7H,2-3,5H2,1H3. The van der Waals surface area contributed by atoms with Gasteiger partial charge in [0.15, 0.2) is 0 Å². The number of hydrogen-bond donors (Lipinski definition) is 3. The van der Waals surface area contributed by atoms with Crippen molar-refractivity contribution in [3.63, 3.8) is 0 Å². The van der Waals surface area contributed by atoms with Gasteiger partial charge >= 0.3 is 0 Å². The van der Waals surface area contributed by atoms with Gasteiger partial charge in [0.25, 0.3) is 0 Å². The summed E-state index contributed by atoms with van der Waals surface area (Å²) in [6, 6.07) is 0. The quantitative estimate of drug-likeness (QED) is 0.397. The van der Waals surface area contributed by atoms with E-state index in [0.717, 1.165) is 0 Å². The summed E-state index contributed by atoms with van der Waals surface area (Å²) in [6.07, 6.45) is -0.288. The summed E-state index contributed by atoms with van der Waals surface area (Å²) < 4.78 is 0. The molecule has 0 aromatic heterocycles. The zero-order valence-corrected chi connectivity index (χ0v) is 4.52. The lowest BCUT2D eigenvalue weighted by molar-refractivity contribution is 0.192. The Morgan fingerprint density at radius 2 is 2.43 bits per heavy atom. The molecule has 0 fully saturated rings. The van der Waals surface area contributed by atoms with E-state index in [1.807, 2.05) is 0 Å². The number of nitrogens with one attached hydrogen (secondary N) is 1. The molecule has 44 valence electrons. The molecule has 0 spiro atoms. The fourth-order valence-corrected chi connectivity index (χ4v) is 0.292. The van der Waals surface area contributed by atoms with Crippen LogP contribution in [0.2, 0.25) is 0 Å². The first-order chi connectivity index (χ1) is 3.27. The molecular formula is C4H12N2O. The van der Waals surface area contributed by atoms with Gasteiger partial charge in [-0.15, -0.1) is 0 Å². The van der Waals surface area contributed by atoms with Crippen LogP contribution in [0.3, 0.4) is 0 Å². The van der Waals surface area contributed by atoms with E-state index in [1.54, 1.807) is 6.92 Å². The van der Waals surface area contributed by atoms with Gasteiger partial charge in [0.1, 0.15) is 0 Å². The highest BCUT2D eigenvalue weighted by atomic mass is 16.3. The molecule has 0 radical (unpaired) electrons. The second-order valence-electron chi connectivity index (χ2n) is 1.51. The van der Waals surface area contributed by atoms with Crippen LogP contribution in [-0.2, 0) is 0 Å². The monoisotopic (exact) mass is 104 g/mol. The average Bonchev–Trinajstić information content (AvgIpc) is 1.61. The molecule has 0 saturated carbocycles. The van der Waals surface area contributed by atoms with E-state index in [4.69, 9.17) is 10.8 Å². The molecule has 3 heteroatoms. The molecule has 0 amide bonds. The zero-order valence-electron chi connectivity index (χ0n) is 4.52. The molecule has 0 aliphatic heterocycles. The van der Waals surface area contributed by atoms with E-state index in [9.17, 15) is 0 Å². The van der Waals surface area contributed by atoms with Crippen molar-refractivity contribution in [1.82, 2.24) is 5.32 Å². The minimum atomic E-state index is -0.288. The maximum atomic E-state index is 8.57. The fourth-order valence-electron chi connectivity index (χ4n) is 0.292. The van der Waals surface area contributed by atoms with Crippen molar-refractivity contribution in [3.05, 3.63) is 0 Å². The predicted octanol–water partition coefficient (Wildman–Crippen LogP) is -1.13. The van der Waals surface area contributed by atoms with Crippen molar-refractivity contribution in [2.45, 2.75) is 13.0 Å². The first-order valence-corrected chi connectivity index (χ1v) is 2.36. The second-order valence-corrected chi connectivity index (χ2v) is 1.51. The average molecular weight is 104 g/mol. The molecule has 0 aromatic rings. The van der Waals surface area contributed by atoms with Crippen LogP contribution in [0.4, 0.5) is 0 Å². The van der Waals surface area contributed by atoms with Crippen molar-refractivity contribution < 1.29 is 5.11 Å². The number of nitrogens with two attached hydrogens (primary N) is 1. The molecule has 0 bridgehead atoms. The highest BCUT2D eigenvalue weighted by Crippen LogP contribution is 1.70. The Labute approximate surface area is 43.5 Å². The van der Waals surface area contributed by atoms with Gasteiger partial charge in [0.2, 0.25) is 0 Å². The molecule has 0 rings (SSSR count). The van der Waals surface area contributed by atoms with Crippen LogP contribution in [0.1, 0.15) is 6.92 Å². The Bertz CT molecular complexity index is 38.7. The van der Waals surface area contributed by atoms with Gasteiger partial charge in [-0.2, -0.15) is 0 Å². The highest BCUT2D eigenvalue weighted by Gasteiger charge is 1.88. The van der Waals surface area contributed by atoms with Crippen molar-refractivity contribution in [2.75, 3.05) is 13.2 Å².